The molecule has 3 aromatic heterocycles. The molecule has 2 aromatic carbocycles. The van der Waals surface area contributed by atoms with E-state index >= 15 is 0 Å². The van der Waals surface area contributed by atoms with Gasteiger partial charge >= 0.3 is 5.97 Å². The topological polar surface area (TPSA) is 149 Å². The van der Waals surface area contributed by atoms with Crippen LogP contribution in [-0.4, -0.2) is 43.6 Å². The first-order valence-corrected chi connectivity index (χ1v) is 14.4. The predicted molar refractivity (Wildman–Crippen MR) is 165 cm³/mol. The Balaban J connectivity index is 1.37. The first kappa shape index (κ1) is 27.4. The number of aliphatic carboxylic acids is 1. The Kier molecular flexibility index (Phi) is 7.34. The van der Waals surface area contributed by atoms with Crippen molar-refractivity contribution < 1.29 is 14.7 Å². The fourth-order valence-corrected chi connectivity index (χ4v) is 6.22. The summed E-state index contributed by atoms with van der Waals surface area (Å²) in [6, 6.07) is 17.1. The highest BCUT2D eigenvalue weighted by molar-refractivity contribution is 6.00. The Bertz CT molecular complexity index is 1810. The van der Waals surface area contributed by atoms with Crippen LogP contribution in [-0.2, 0) is 11.2 Å². The number of hydrogen-bond acceptors (Lipinski definition) is 6. The van der Waals surface area contributed by atoms with Crippen molar-refractivity contribution in [3.63, 3.8) is 0 Å². The molecule has 1 atom stereocenters. The standard InChI is InChI=1S/C33H34N6O3/c1-2-19-18-39(32-29(19)25(13-14-36-32)22-15-21-5-3-4-6-27(21)37-17-22)24-11-12-26(31(35)40)28(16-24)38-23-9-7-20(8-10-23)30(34)33(41)42/h3-6,11-18,20,23,30,38H,2,7-10,34H2,1H3,(H2,35,40)(H,41,42). The van der Waals surface area contributed by atoms with Crippen LogP contribution in [0, 0.1) is 5.92 Å². The largest absolute Gasteiger partial charge is 0.480 e. The third kappa shape index (κ3) is 5.07. The lowest BCUT2D eigenvalue weighted by Crippen LogP contribution is -2.41. The van der Waals surface area contributed by atoms with Gasteiger partial charge in [-0.1, -0.05) is 25.1 Å². The molecule has 0 saturated heterocycles. The second kappa shape index (κ2) is 11.3. The number of benzene rings is 2. The van der Waals surface area contributed by atoms with E-state index in [9.17, 15) is 14.7 Å². The van der Waals surface area contributed by atoms with E-state index in [2.05, 4.69) is 40.1 Å². The molecule has 1 aliphatic rings. The summed E-state index contributed by atoms with van der Waals surface area (Å²) in [7, 11) is 0. The van der Waals surface area contributed by atoms with E-state index in [0.717, 1.165) is 63.6 Å². The maximum absolute atomic E-state index is 12.4. The Hall–Kier alpha value is -4.76. The summed E-state index contributed by atoms with van der Waals surface area (Å²) in [4.78, 5) is 33.2. The van der Waals surface area contributed by atoms with Crippen molar-refractivity contribution in [1.29, 1.82) is 0 Å². The SMILES string of the molecule is CCc1cn(-c2ccc(C(N)=O)c(NC3CCC(C(N)C(=O)O)CC3)c2)c2nccc(-c3cnc4ccccc4c3)c12. The van der Waals surface area contributed by atoms with Gasteiger partial charge in [-0.25, -0.2) is 4.98 Å². The van der Waals surface area contributed by atoms with Gasteiger partial charge in [0.25, 0.3) is 5.91 Å². The van der Waals surface area contributed by atoms with Crippen LogP contribution in [0.1, 0.15) is 48.5 Å². The minimum atomic E-state index is -0.964. The van der Waals surface area contributed by atoms with Crippen molar-refractivity contribution >= 4 is 39.5 Å². The molecule has 0 radical (unpaired) electrons. The zero-order valence-electron chi connectivity index (χ0n) is 23.5. The van der Waals surface area contributed by atoms with Gasteiger partial charge in [-0.05, 0) is 85.5 Å². The smallest absolute Gasteiger partial charge is 0.320 e. The number of anilines is 1. The number of carbonyl (C=O) groups is 2. The lowest BCUT2D eigenvalue weighted by molar-refractivity contribution is -0.140. The van der Waals surface area contributed by atoms with Crippen molar-refractivity contribution in [2.24, 2.45) is 17.4 Å². The summed E-state index contributed by atoms with van der Waals surface area (Å²) in [5, 5.41) is 15.0. The van der Waals surface area contributed by atoms with Gasteiger partial charge in [-0.15, -0.1) is 0 Å². The number of nitrogens with two attached hydrogens (primary N) is 2. The maximum Gasteiger partial charge on any atom is 0.320 e. The van der Waals surface area contributed by atoms with Crippen LogP contribution in [0.3, 0.4) is 0 Å². The number of carbonyl (C=O) groups excluding carboxylic acids is 1. The summed E-state index contributed by atoms with van der Waals surface area (Å²) in [6.07, 6.45) is 9.57. The number of nitrogens with zero attached hydrogens (tertiary/aromatic N) is 3. The minimum Gasteiger partial charge on any atom is -0.480 e. The number of para-hydroxylation sites is 1. The van der Waals surface area contributed by atoms with Gasteiger partial charge in [0.05, 0.1) is 11.1 Å². The number of aromatic nitrogens is 3. The number of aryl methyl sites for hydroxylation is 1. The highest BCUT2D eigenvalue weighted by Crippen LogP contribution is 2.35. The van der Waals surface area contributed by atoms with Crippen molar-refractivity contribution in [2.75, 3.05) is 5.32 Å². The molecule has 6 rings (SSSR count). The van der Waals surface area contributed by atoms with E-state index in [4.69, 9.17) is 16.5 Å². The highest BCUT2D eigenvalue weighted by atomic mass is 16.4. The normalized spacial score (nSPS) is 17.8. The van der Waals surface area contributed by atoms with Crippen LogP contribution in [0.5, 0.6) is 0 Å². The number of carboxylic acids is 1. The molecule has 9 nitrogen and oxygen atoms in total. The second-order valence-electron chi connectivity index (χ2n) is 11.1. The molecule has 214 valence electrons. The number of fused-ring (bicyclic) bond motifs is 2. The molecule has 1 fully saturated rings. The summed E-state index contributed by atoms with van der Waals surface area (Å²) in [5.74, 6) is -1.53. The monoisotopic (exact) mass is 562 g/mol. The minimum absolute atomic E-state index is 0.0562. The molecule has 5 aromatic rings. The Morgan fingerprint density at radius 1 is 1.07 bits per heavy atom. The van der Waals surface area contributed by atoms with E-state index in [-0.39, 0.29) is 12.0 Å². The number of hydrogen-bond donors (Lipinski definition) is 4. The van der Waals surface area contributed by atoms with Crippen molar-refractivity contribution in [1.82, 2.24) is 14.5 Å². The molecule has 9 heteroatoms. The van der Waals surface area contributed by atoms with E-state index < -0.39 is 17.9 Å². The van der Waals surface area contributed by atoms with Crippen LogP contribution in [0.15, 0.2) is 73.2 Å². The van der Waals surface area contributed by atoms with E-state index in [1.54, 1.807) is 6.07 Å². The summed E-state index contributed by atoms with van der Waals surface area (Å²) in [5.41, 5.74) is 18.6. The molecule has 0 spiro atoms. The van der Waals surface area contributed by atoms with Gasteiger partial charge in [0.15, 0.2) is 0 Å². The molecule has 1 unspecified atom stereocenters. The highest BCUT2D eigenvalue weighted by Gasteiger charge is 2.30. The summed E-state index contributed by atoms with van der Waals surface area (Å²) < 4.78 is 2.06. The van der Waals surface area contributed by atoms with E-state index in [1.165, 1.54) is 0 Å². The quantitative estimate of drug-likeness (QED) is 0.201. The van der Waals surface area contributed by atoms with Gasteiger partial charge in [0.1, 0.15) is 11.7 Å². The number of nitrogens with one attached hydrogen (secondary N) is 1. The Morgan fingerprint density at radius 3 is 2.60 bits per heavy atom. The van der Waals surface area contributed by atoms with E-state index in [0.29, 0.717) is 24.1 Å². The van der Waals surface area contributed by atoms with Crippen molar-refractivity contribution in [3.05, 3.63) is 84.3 Å². The zero-order valence-corrected chi connectivity index (χ0v) is 23.5. The first-order valence-electron chi connectivity index (χ1n) is 14.4. The van der Waals surface area contributed by atoms with Crippen molar-refractivity contribution in [3.8, 4) is 16.8 Å². The zero-order chi connectivity index (χ0) is 29.4. The molecule has 0 bridgehead atoms. The lowest BCUT2D eigenvalue weighted by Gasteiger charge is -2.32. The molecule has 3 heterocycles. The molecule has 0 aliphatic heterocycles. The fourth-order valence-electron chi connectivity index (χ4n) is 6.22. The van der Waals surface area contributed by atoms with Gasteiger partial charge < -0.3 is 26.5 Å². The second-order valence-corrected chi connectivity index (χ2v) is 11.1. The Morgan fingerprint density at radius 2 is 1.86 bits per heavy atom. The lowest BCUT2D eigenvalue weighted by atomic mass is 9.81. The summed E-state index contributed by atoms with van der Waals surface area (Å²) in [6.45, 7) is 2.13. The Labute approximate surface area is 243 Å². The van der Waals surface area contributed by atoms with Gasteiger partial charge in [0.2, 0.25) is 0 Å². The number of rotatable bonds is 8. The molecule has 1 aliphatic carbocycles. The van der Waals surface area contributed by atoms with Crippen LogP contribution in [0.2, 0.25) is 0 Å². The predicted octanol–water partition coefficient (Wildman–Crippen LogP) is 5.28. The van der Waals surface area contributed by atoms with Crippen LogP contribution >= 0.6 is 0 Å². The third-order valence-electron chi connectivity index (χ3n) is 8.52. The van der Waals surface area contributed by atoms with E-state index in [1.807, 2.05) is 48.8 Å². The van der Waals surface area contributed by atoms with Crippen LogP contribution in [0.4, 0.5) is 5.69 Å². The number of carboxylic acid groups (broad SMARTS) is 1. The number of primary amides is 1. The van der Waals surface area contributed by atoms with Gasteiger partial charge in [-0.3, -0.25) is 14.6 Å². The molecular formula is C33H34N6O3. The molecular weight excluding hydrogens is 528 g/mol. The average molecular weight is 563 g/mol. The van der Waals surface area contributed by atoms with Crippen molar-refractivity contribution in [2.45, 2.75) is 51.1 Å². The fraction of sp³-hybridized carbons (Fsp3) is 0.273. The maximum atomic E-state index is 12.4. The van der Waals surface area contributed by atoms with Crippen LogP contribution < -0.4 is 16.8 Å². The molecule has 42 heavy (non-hydrogen) atoms. The number of amides is 1. The average Bonchev–Trinajstić information content (AvgIpc) is 3.40. The molecule has 6 N–H and O–H groups in total. The molecule has 1 amide bonds. The van der Waals surface area contributed by atoms with Gasteiger partial charge in [0, 0.05) is 52.3 Å². The summed E-state index contributed by atoms with van der Waals surface area (Å²) >= 11 is 0. The van der Waals surface area contributed by atoms with Crippen LogP contribution in [0.25, 0.3) is 38.8 Å². The number of pyridine rings is 2. The van der Waals surface area contributed by atoms with Gasteiger partial charge in [-0.2, -0.15) is 0 Å². The first-order chi connectivity index (χ1) is 20.3. The third-order valence-corrected chi connectivity index (χ3v) is 8.52. The molecule has 1 saturated carbocycles.